The SMILES string of the molecule is CN(NC(=O)c1cc(Br)ccc1Cl)c1ccccc1. The first-order chi connectivity index (χ1) is 9.08. The minimum Gasteiger partial charge on any atom is -0.288 e. The summed E-state index contributed by atoms with van der Waals surface area (Å²) in [7, 11) is 1.78. The molecule has 0 bridgehead atoms. The van der Waals surface area contributed by atoms with E-state index >= 15 is 0 Å². The molecule has 0 saturated heterocycles. The Morgan fingerprint density at radius 2 is 1.89 bits per heavy atom. The Labute approximate surface area is 125 Å². The molecule has 1 N–H and O–H groups in total. The lowest BCUT2D eigenvalue weighted by atomic mass is 10.2. The quantitative estimate of drug-likeness (QED) is 0.861. The molecule has 2 aromatic carbocycles. The molecular weight excluding hydrogens is 328 g/mol. The maximum absolute atomic E-state index is 12.1. The van der Waals surface area contributed by atoms with Crippen LogP contribution in [0.2, 0.25) is 5.02 Å². The first-order valence-electron chi connectivity index (χ1n) is 5.63. The first-order valence-corrected chi connectivity index (χ1v) is 6.80. The molecule has 2 aromatic rings. The van der Waals surface area contributed by atoms with E-state index in [-0.39, 0.29) is 5.91 Å². The van der Waals surface area contributed by atoms with E-state index in [2.05, 4.69) is 21.4 Å². The number of para-hydroxylation sites is 1. The largest absolute Gasteiger partial charge is 0.288 e. The van der Waals surface area contributed by atoms with Crippen LogP contribution in [-0.4, -0.2) is 13.0 Å². The number of hydrazine groups is 1. The lowest BCUT2D eigenvalue weighted by molar-refractivity contribution is 0.0951. The summed E-state index contributed by atoms with van der Waals surface area (Å²) >= 11 is 9.34. The molecule has 0 aliphatic heterocycles. The minimum absolute atomic E-state index is 0.252. The predicted molar refractivity (Wildman–Crippen MR) is 81.5 cm³/mol. The molecular formula is C14H12BrClN2O. The number of amides is 1. The van der Waals surface area contributed by atoms with Gasteiger partial charge in [-0.3, -0.25) is 15.2 Å². The van der Waals surface area contributed by atoms with Crippen LogP contribution in [0.5, 0.6) is 0 Å². The van der Waals surface area contributed by atoms with Crippen LogP contribution in [0.1, 0.15) is 10.4 Å². The van der Waals surface area contributed by atoms with Crippen molar-refractivity contribution in [3.05, 3.63) is 63.6 Å². The molecule has 1 amide bonds. The van der Waals surface area contributed by atoms with E-state index in [0.29, 0.717) is 10.6 Å². The van der Waals surface area contributed by atoms with Crippen LogP contribution in [-0.2, 0) is 0 Å². The standard InChI is InChI=1S/C14H12BrClN2O/c1-18(11-5-3-2-4-6-11)17-14(19)12-9-10(15)7-8-13(12)16/h2-9H,1H3,(H,17,19). The average Bonchev–Trinajstić information content (AvgIpc) is 2.42. The summed E-state index contributed by atoms with van der Waals surface area (Å²) in [5, 5.41) is 2.07. The van der Waals surface area contributed by atoms with Crippen molar-refractivity contribution in [3.8, 4) is 0 Å². The highest BCUT2D eigenvalue weighted by molar-refractivity contribution is 9.10. The monoisotopic (exact) mass is 338 g/mol. The van der Waals surface area contributed by atoms with E-state index < -0.39 is 0 Å². The second-order valence-electron chi connectivity index (χ2n) is 3.96. The maximum atomic E-state index is 12.1. The van der Waals surface area contributed by atoms with Crippen LogP contribution in [0.3, 0.4) is 0 Å². The summed E-state index contributed by atoms with van der Waals surface area (Å²) in [6.07, 6.45) is 0. The van der Waals surface area contributed by atoms with Gasteiger partial charge >= 0.3 is 0 Å². The van der Waals surface area contributed by atoms with Gasteiger partial charge in [0.15, 0.2) is 0 Å². The number of anilines is 1. The number of benzene rings is 2. The highest BCUT2D eigenvalue weighted by atomic mass is 79.9. The fourth-order valence-electron chi connectivity index (χ4n) is 1.60. The number of nitrogens with zero attached hydrogens (tertiary/aromatic N) is 1. The Kier molecular flexibility index (Phi) is 4.45. The van der Waals surface area contributed by atoms with Gasteiger partial charge < -0.3 is 0 Å². The highest BCUT2D eigenvalue weighted by Gasteiger charge is 2.12. The van der Waals surface area contributed by atoms with Crippen molar-refractivity contribution in [2.24, 2.45) is 0 Å². The van der Waals surface area contributed by atoms with Crippen molar-refractivity contribution in [2.45, 2.75) is 0 Å². The van der Waals surface area contributed by atoms with E-state index in [1.54, 1.807) is 30.3 Å². The third-order valence-corrected chi connectivity index (χ3v) is 3.41. The van der Waals surface area contributed by atoms with Crippen molar-refractivity contribution in [3.63, 3.8) is 0 Å². The molecule has 0 unspecified atom stereocenters. The molecule has 0 aliphatic rings. The molecule has 3 nitrogen and oxygen atoms in total. The summed E-state index contributed by atoms with van der Waals surface area (Å²) in [5.41, 5.74) is 4.09. The molecule has 0 radical (unpaired) electrons. The fraction of sp³-hybridized carbons (Fsp3) is 0.0714. The van der Waals surface area contributed by atoms with Crippen molar-refractivity contribution in [1.29, 1.82) is 0 Å². The van der Waals surface area contributed by atoms with Crippen molar-refractivity contribution < 1.29 is 4.79 Å². The smallest absolute Gasteiger partial charge is 0.271 e. The van der Waals surface area contributed by atoms with Crippen LogP contribution < -0.4 is 10.4 Å². The Morgan fingerprint density at radius 1 is 1.21 bits per heavy atom. The van der Waals surface area contributed by atoms with E-state index in [9.17, 15) is 4.79 Å². The summed E-state index contributed by atoms with van der Waals surface area (Å²) in [6.45, 7) is 0. The van der Waals surface area contributed by atoms with Gasteiger partial charge in [0, 0.05) is 11.5 Å². The second kappa shape index (κ2) is 6.08. The number of halogens is 2. The van der Waals surface area contributed by atoms with Crippen molar-refractivity contribution >= 4 is 39.1 Å². The van der Waals surface area contributed by atoms with E-state index in [1.807, 2.05) is 30.3 Å². The maximum Gasteiger partial charge on any atom is 0.271 e. The van der Waals surface area contributed by atoms with Gasteiger partial charge in [0.25, 0.3) is 5.91 Å². The van der Waals surface area contributed by atoms with Gasteiger partial charge in [0.05, 0.1) is 16.3 Å². The second-order valence-corrected chi connectivity index (χ2v) is 5.28. The number of carbonyl (C=O) groups is 1. The highest BCUT2D eigenvalue weighted by Crippen LogP contribution is 2.21. The molecule has 0 atom stereocenters. The molecule has 0 aromatic heterocycles. The molecule has 2 rings (SSSR count). The van der Waals surface area contributed by atoms with Crippen LogP contribution >= 0.6 is 27.5 Å². The summed E-state index contributed by atoms with van der Waals surface area (Å²) in [4.78, 5) is 12.1. The summed E-state index contributed by atoms with van der Waals surface area (Å²) in [6, 6.07) is 14.7. The fourth-order valence-corrected chi connectivity index (χ4v) is 2.16. The number of carbonyl (C=O) groups excluding carboxylic acids is 1. The van der Waals surface area contributed by atoms with Gasteiger partial charge in [0.1, 0.15) is 0 Å². The summed E-state index contributed by atoms with van der Waals surface area (Å²) in [5.74, 6) is -0.252. The molecule has 98 valence electrons. The topological polar surface area (TPSA) is 32.3 Å². The van der Waals surface area contributed by atoms with Gasteiger partial charge in [-0.05, 0) is 30.3 Å². The Morgan fingerprint density at radius 3 is 2.58 bits per heavy atom. The zero-order chi connectivity index (χ0) is 13.8. The molecule has 0 spiro atoms. The molecule has 0 heterocycles. The Hall–Kier alpha value is -1.52. The molecule has 0 saturated carbocycles. The zero-order valence-corrected chi connectivity index (χ0v) is 12.6. The zero-order valence-electron chi connectivity index (χ0n) is 10.2. The van der Waals surface area contributed by atoms with Crippen molar-refractivity contribution in [2.75, 3.05) is 12.1 Å². The molecule has 0 aliphatic carbocycles. The van der Waals surface area contributed by atoms with Crippen LogP contribution in [0.15, 0.2) is 53.0 Å². The van der Waals surface area contributed by atoms with Crippen molar-refractivity contribution in [1.82, 2.24) is 5.43 Å². The van der Waals surface area contributed by atoms with Gasteiger partial charge in [-0.25, -0.2) is 0 Å². The van der Waals surface area contributed by atoms with Gasteiger partial charge in [-0.1, -0.05) is 45.7 Å². The number of hydrogen-bond donors (Lipinski definition) is 1. The third kappa shape index (κ3) is 3.49. The van der Waals surface area contributed by atoms with Gasteiger partial charge in [-0.2, -0.15) is 0 Å². The lowest BCUT2D eigenvalue weighted by Gasteiger charge is -2.20. The minimum atomic E-state index is -0.252. The molecule has 19 heavy (non-hydrogen) atoms. The van der Waals surface area contributed by atoms with E-state index in [4.69, 9.17) is 11.6 Å². The summed E-state index contributed by atoms with van der Waals surface area (Å²) < 4.78 is 0.810. The Balaban J connectivity index is 2.15. The Bertz CT molecular complexity index is 589. The predicted octanol–water partition coefficient (Wildman–Crippen LogP) is 3.88. The van der Waals surface area contributed by atoms with E-state index in [1.165, 1.54) is 0 Å². The lowest BCUT2D eigenvalue weighted by Crippen LogP contribution is -2.39. The average molecular weight is 340 g/mol. The van der Waals surface area contributed by atoms with Crippen LogP contribution in [0.4, 0.5) is 5.69 Å². The number of nitrogens with one attached hydrogen (secondary N) is 1. The third-order valence-electron chi connectivity index (χ3n) is 2.59. The molecule has 0 fully saturated rings. The number of rotatable bonds is 3. The molecule has 5 heteroatoms. The normalized spacial score (nSPS) is 10.1. The van der Waals surface area contributed by atoms with Crippen LogP contribution in [0, 0.1) is 0 Å². The van der Waals surface area contributed by atoms with Gasteiger partial charge in [-0.15, -0.1) is 0 Å². The van der Waals surface area contributed by atoms with E-state index in [0.717, 1.165) is 10.2 Å². The van der Waals surface area contributed by atoms with Gasteiger partial charge in [0.2, 0.25) is 0 Å². The first kappa shape index (κ1) is 13.9. The number of hydrogen-bond acceptors (Lipinski definition) is 2. The van der Waals surface area contributed by atoms with Crippen LogP contribution in [0.25, 0.3) is 0 Å².